The molecule has 1 heterocycles. The number of benzene rings is 1. The largest absolute Gasteiger partial charge is 0.285 e. The Morgan fingerprint density at radius 3 is 2.26 bits per heavy atom. The van der Waals surface area contributed by atoms with Crippen LogP contribution in [-0.2, 0) is 14.8 Å². The molecule has 104 valence electrons. The quantitative estimate of drug-likeness (QED) is 0.926. The van der Waals surface area contributed by atoms with Gasteiger partial charge < -0.3 is 0 Å². The molecule has 0 radical (unpaired) electrons. The first-order valence-electron chi connectivity index (χ1n) is 6.08. The van der Waals surface area contributed by atoms with E-state index in [1.165, 1.54) is 11.8 Å². The van der Waals surface area contributed by atoms with E-state index in [2.05, 4.69) is 4.72 Å². The average Bonchev–Trinajstić information content (AvgIpc) is 2.61. The van der Waals surface area contributed by atoms with E-state index in [-0.39, 0.29) is 5.12 Å². The van der Waals surface area contributed by atoms with Crippen molar-refractivity contribution in [2.75, 3.05) is 5.75 Å². The van der Waals surface area contributed by atoms with Crippen molar-refractivity contribution in [3.05, 3.63) is 28.8 Å². The summed E-state index contributed by atoms with van der Waals surface area (Å²) in [5.74, 6) is 0.678. The van der Waals surface area contributed by atoms with Crippen molar-refractivity contribution in [2.24, 2.45) is 0 Å². The standard InChI is InChI=1S/C13H17NO3S2/c1-8-6-9(2)12(10(3)7-8)19(16,17)14-11-4-5-18-13(11)15/h6-7,11,14H,4-5H2,1-3H3. The molecule has 1 aromatic carbocycles. The highest BCUT2D eigenvalue weighted by molar-refractivity contribution is 8.14. The Hall–Kier alpha value is -0.850. The van der Waals surface area contributed by atoms with Crippen LogP contribution in [-0.4, -0.2) is 25.3 Å². The van der Waals surface area contributed by atoms with Crippen molar-refractivity contribution in [1.82, 2.24) is 4.72 Å². The van der Waals surface area contributed by atoms with Crippen LogP contribution in [0.1, 0.15) is 23.1 Å². The van der Waals surface area contributed by atoms with Gasteiger partial charge in [-0.05, 0) is 38.3 Å². The molecular weight excluding hydrogens is 282 g/mol. The molecule has 0 amide bonds. The molecule has 1 aliphatic heterocycles. The van der Waals surface area contributed by atoms with Gasteiger partial charge in [-0.1, -0.05) is 29.5 Å². The zero-order chi connectivity index (χ0) is 14.2. The summed E-state index contributed by atoms with van der Waals surface area (Å²) in [6, 6.07) is 3.09. The molecule has 4 nitrogen and oxygen atoms in total. The van der Waals surface area contributed by atoms with E-state index >= 15 is 0 Å². The van der Waals surface area contributed by atoms with Gasteiger partial charge in [0.15, 0.2) is 0 Å². The second-order valence-corrected chi connectivity index (χ2v) is 7.61. The molecule has 2 rings (SSSR count). The van der Waals surface area contributed by atoms with Gasteiger partial charge in [0.1, 0.15) is 0 Å². The summed E-state index contributed by atoms with van der Waals surface area (Å²) < 4.78 is 27.4. The maximum Gasteiger partial charge on any atom is 0.241 e. The second-order valence-electron chi connectivity index (χ2n) is 4.86. The molecule has 0 aromatic heterocycles. The minimum absolute atomic E-state index is 0.0917. The van der Waals surface area contributed by atoms with E-state index in [4.69, 9.17) is 0 Å². The fourth-order valence-electron chi connectivity index (χ4n) is 2.44. The third-order valence-corrected chi connectivity index (χ3v) is 5.89. The summed E-state index contributed by atoms with van der Waals surface area (Å²) >= 11 is 1.19. The number of carbonyl (C=O) groups is 1. The number of aryl methyl sites for hydroxylation is 3. The van der Waals surface area contributed by atoms with E-state index in [0.717, 1.165) is 5.56 Å². The lowest BCUT2D eigenvalue weighted by Gasteiger charge is -2.15. The Balaban J connectivity index is 2.37. The molecule has 1 fully saturated rings. The molecule has 1 atom stereocenters. The summed E-state index contributed by atoms with van der Waals surface area (Å²) in [6.07, 6.45) is 0.562. The van der Waals surface area contributed by atoms with Gasteiger partial charge in [0.2, 0.25) is 15.1 Å². The number of sulfonamides is 1. The van der Waals surface area contributed by atoms with Gasteiger partial charge in [-0.3, -0.25) is 4.79 Å². The fourth-order valence-corrected chi connectivity index (χ4v) is 5.13. The zero-order valence-corrected chi connectivity index (χ0v) is 12.8. The van der Waals surface area contributed by atoms with E-state index in [9.17, 15) is 13.2 Å². The first-order chi connectivity index (χ1) is 8.81. The number of thioether (sulfide) groups is 1. The molecule has 0 aliphatic carbocycles. The summed E-state index contributed by atoms with van der Waals surface area (Å²) in [5, 5.41) is -0.0917. The number of carbonyl (C=O) groups excluding carboxylic acids is 1. The molecule has 1 saturated heterocycles. The highest BCUT2D eigenvalue weighted by atomic mass is 32.2. The van der Waals surface area contributed by atoms with Crippen LogP contribution in [0, 0.1) is 20.8 Å². The van der Waals surface area contributed by atoms with E-state index in [0.29, 0.717) is 28.2 Å². The molecule has 0 bridgehead atoms. The zero-order valence-electron chi connectivity index (χ0n) is 11.2. The molecule has 1 aliphatic rings. The van der Waals surface area contributed by atoms with Crippen LogP contribution >= 0.6 is 11.8 Å². The van der Waals surface area contributed by atoms with Gasteiger partial charge in [-0.25, -0.2) is 8.42 Å². The predicted molar refractivity (Wildman–Crippen MR) is 76.8 cm³/mol. The molecule has 0 saturated carbocycles. The lowest BCUT2D eigenvalue weighted by molar-refractivity contribution is -0.111. The van der Waals surface area contributed by atoms with Gasteiger partial charge in [-0.15, -0.1) is 0 Å². The molecule has 19 heavy (non-hydrogen) atoms. The smallest absolute Gasteiger partial charge is 0.241 e. The first kappa shape index (κ1) is 14.6. The molecule has 1 aromatic rings. The van der Waals surface area contributed by atoms with E-state index < -0.39 is 16.1 Å². The highest BCUT2D eigenvalue weighted by Crippen LogP contribution is 2.25. The van der Waals surface area contributed by atoms with Gasteiger partial charge in [-0.2, -0.15) is 4.72 Å². The number of nitrogens with one attached hydrogen (secondary N) is 1. The van der Waals surface area contributed by atoms with Crippen molar-refractivity contribution >= 4 is 26.9 Å². The van der Waals surface area contributed by atoms with Crippen molar-refractivity contribution < 1.29 is 13.2 Å². The summed E-state index contributed by atoms with van der Waals surface area (Å²) in [6.45, 7) is 5.49. The van der Waals surface area contributed by atoms with Crippen LogP contribution in [0.5, 0.6) is 0 Å². The summed E-state index contributed by atoms with van der Waals surface area (Å²) in [4.78, 5) is 11.8. The topological polar surface area (TPSA) is 63.2 Å². The van der Waals surface area contributed by atoms with Crippen molar-refractivity contribution in [2.45, 2.75) is 38.1 Å². The maximum absolute atomic E-state index is 12.4. The van der Waals surface area contributed by atoms with Crippen LogP contribution in [0.3, 0.4) is 0 Å². The van der Waals surface area contributed by atoms with Gasteiger partial charge >= 0.3 is 0 Å². The monoisotopic (exact) mass is 299 g/mol. The summed E-state index contributed by atoms with van der Waals surface area (Å²) in [5.41, 5.74) is 2.45. The molecular formula is C13H17NO3S2. The van der Waals surface area contributed by atoms with Crippen molar-refractivity contribution in [1.29, 1.82) is 0 Å². The first-order valence-corrected chi connectivity index (χ1v) is 8.55. The Morgan fingerprint density at radius 2 is 1.79 bits per heavy atom. The fraction of sp³-hybridized carbons (Fsp3) is 0.462. The van der Waals surface area contributed by atoms with Crippen LogP contribution < -0.4 is 4.72 Å². The van der Waals surface area contributed by atoms with Gasteiger partial charge in [0.25, 0.3) is 0 Å². The van der Waals surface area contributed by atoms with Crippen LogP contribution in [0.25, 0.3) is 0 Å². The molecule has 6 heteroatoms. The molecule has 0 spiro atoms. The van der Waals surface area contributed by atoms with Gasteiger partial charge in [0.05, 0.1) is 10.9 Å². The van der Waals surface area contributed by atoms with Crippen molar-refractivity contribution in [3.63, 3.8) is 0 Å². The van der Waals surface area contributed by atoms with E-state index in [1.807, 2.05) is 19.1 Å². The number of hydrogen-bond donors (Lipinski definition) is 1. The Kier molecular flexibility index (Phi) is 4.03. The van der Waals surface area contributed by atoms with E-state index in [1.54, 1.807) is 13.8 Å². The highest BCUT2D eigenvalue weighted by Gasteiger charge is 2.31. The van der Waals surface area contributed by atoms with Gasteiger partial charge in [0, 0.05) is 5.75 Å². The minimum atomic E-state index is -3.64. The second kappa shape index (κ2) is 5.26. The van der Waals surface area contributed by atoms with Crippen LogP contribution in [0.15, 0.2) is 17.0 Å². The Morgan fingerprint density at radius 1 is 1.21 bits per heavy atom. The Labute approximate surface area is 118 Å². The summed E-state index contributed by atoms with van der Waals surface area (Å²) in [7, 11) is -3.64. The lowest BCUT2D eigenvalue weighted by Crippen LogP contribution is -2.37. The maximum atomic E-state index is 12.4. The lowest BCUT2D eigenvalue weighted by atomic mass is 10.1. The third-order valence-electron chi connectivity index (χ3n) is 3.11. The SMILES string of the molecule is Cc1cc(C)c(S(=O)(=O)NC2CCSC2=O)c(C)c1. The van der Waals surface area contributed by atoms with Crippen molar-refractivity contribution in [3.8, 4) is 0 Å². The number of hydrogen-bond acceptors (Lipinski definition) is 4. The van der Waals surface area contributed by atoms with Crippen LogP contribution in [0.2, 0.25) is 0 Å². The number of rotatable bonds is 3. The predicted octanol–water partition coefficient (Wildman–Crippen LogP) is 1.92. The molecule has 1 unspecified atom stereocenters. The third kappa shape index (κ3) is 3.01. The van der Waals surface area contributed by atoms with Crippen LogP contribution in [0.4, 0.5) is 0 Å². The normalized spacial score (nSPS) is 19.9. The average molecular weight is 299 g/mol. The minimum Gasteiger partial charge on any atom is -0.285 e. The Bertz CT molecular complexity index is 600. The molecule has 1 N–H and O–H groups in total.